The van der Waals surface area contributed by atoms with Gasteiger partial charge >= 0.3 is 5.97 Å². The molecule has 0 rings (SSSR count). The molecule has 168 valence electrons. The lowest BCUT2D eigenvalue weighted by atomic mass is 10.6. The van der Waals surface area contributed by atoms with Gasteiger partial charge in [-0.05, 0) is 19.6 Å². The number of ether oxygens (including phenoxy) is 7. The van der Waals surface area contributed by atoms with Crippen molar-refractivity contribution in [1.29, 1.82) is 0 Å². The monoisotopic (exact) mass is 426 g/mol. The minimum atomic E-state index is -1.84. The van der Waals surface area contributed by atoms with Gasteiger partial charge in [-0.25, -0.2) is 0 Å². The molecule has 0 unspecified atom stereocenters. The van der Waals surface area contributed by atoms with Gasteiger partial charge in [-0.1, -0.05) is 0 Å². The molecule has 0 aliphatic rings. The third-order valence-electron chi connectivity index (χ3n) is 2.93. The summed E-state index contributed by atoms with van der Waals surface area (Å²) in [4.78, 5) is 11.4. The second-order valence-electron chi connectivity index (χ2n) is 6.69. The van der Waals surface area contributed by atoms with Gasteiger partial charge in [-0.2, -0.15) is 0 Å². The van der Waals surface area contributed by atoms with Crippen LogP contribution >= 0.6 is 0 Å². The van der Waals surface area contributed by atoms with Crippen LogP contribution in [0.1, 0.15) is 0 Å². The van der Waals surface area contributed by atoms with E-state index in [0.29, 0.717) is 79.3 Å². The molecule has 0 amide bonds. The van der Waals surface area contributed by atoms with Crippen LogP contribution in [-0.4, -0.2) is 107 Å². The first kappa shape index (κ1) is 27.4. The Morgan fingerprint density at radius 1 is 0.571 bits per heavy atom. The lowest BCUT2D eigenvalue weighted by Crippen LogP contribution is -2.31. The Balaban J connectivity index is 3.11. The van der Waals surface area contributed by atoms with Crippen molar-refractivity contribution in [3.8, 4) is 0 Å². The van der Waals surface area contributed by atoms with E-state index < -0.39 is 8.32 Å². The average molecular weight is 427 g/mol. The summed E-state index contributed by atoms with van der Waals surface area (Å²) in [5.41, 5.74) is 0. The van der Waals surface area contributed by atoms with Crippen LogP contribution < -0.4 is 0 Å². The van der Waals surface area contributed by atoms with Crippen molar-refractivity contribution in [2.75, 3.05) is 93.0 Å². The highest BCUT2D eigenvalue weighted by Crippen LogP contribution is 2.02. The van der Waals surface area contributed by atoms with Crippen molar-refractivity contribution in [3.05, 3.63) is 0 Å². The third-order valence-corrected chi connectivity index (χ3v) is 3.77. The number of hydrogen-bond acceptors (Lipinski definition) is 9. The summed E-state index contributed by atoms with van der Waals surface area (Å²) in [7, 11) is -0.199. The molecule has 0 aromatic carbocycles. The van der Waals surface area contributed by atoms with E-state index in [1.807, 2.05) is 19.6 Å². The van der Waals surface area contributed by atoms with E-state index in [2.05, 4.69) is 0 Å². The summed E-state index contributed by atoms with van der Waals surface area (Å²) in [6, 6.07) is 0. The van der Waals surface area contributed by atoms with Crippen LogP contribution in [-0.2, 0) is 42.4 Å². The van der Waals surface area contributed by atoms with E-state index in [1.165, 1.54) is 0 Å². The summed E-state index contributed by atoms with van der Waals surface area (Å²) >= 11 is 0. The fourth-order valence-electron chi connectivity index (χ4n) is 1.77. The van der Waals surface area contributed by atoms with Crippen LogP contribution in [0.25, 0.3) is 0 Å². The van der Waals surface area contributed by atoms with Gasteiger partial charge in [0, 0.05) is 7.11 Å². The zero-order chi connectivity index (χ0) is 20.9. The summed E-state index contributed by atoms with van der Waals surface area (Å²) in [5, 5.41) is 0. The zero-order valence-corrected chi connectivity index (χ0v) is 18.9. The van der Waals surface area contributed by atoms with Gasteiger partial charge in [0.2, 0.25) is 8.32 Å². The summed E-state index contributed by atoms with van der Waals surface area (Å²) in [5.74, 6) is -0.316. The molecule has 0 aliphatic carbocycles. The molecule has 28 heavy (non-hydrogen) atoms. The molecule has 0 aromatic rings. The molecule has 9 nitrogen and oxygen atoms in total. The van der Waals surface area contributed by atoms with Gasteiger partial charge in [0.05, 0.1) is 79.3 Å². The van der Waals surface area contributed by atoms with Crippen LogP contribution in [0.3, 0.4) is 0 Å². The number of rotatable bonds is 21. The molecule has 0 N–H and O–H groups in total. The molecule has 0 aliphatic heterocycles. The predicted octanol–water partition coefficient (Wildman–Crippen LogP) is 1.11. The van der Waals surface area contributed by atoms with Gasteiger partial charge in [-0.15, -0.1) is 0 Å². The Kier molecular flexibility index (Phi) is 19.3. The molecule has 0 saturated carbocycles. The van der Waals surface area contributed by atoms with Crippen molar-refractivity contribution in [2.24, 2.45) is 0 Å². The van der Waals surface area contributed by atoms with Crippen molar-refractivity contribution in [3.63, 3.8) is 0 Å². The smallest absolute Gasteiger partial charge is 0.318 e. The lowest BCUT2D eigenvalue weighted by molar-refractivity contribution is -0.140. The van der Waals surface area contributed by atoms with E-state index >= 15 is 0 Å². The predicted molar refractivity (Wildman–Crippen MR) is 106 cm³/mol. The van der Waals surface area contributed by atoms with E-state index in [4.69, 9.17) is 37.6 Å². The van der Waals surface area contributed by atoms with Gasteiger partial charge in [0.25, 0.3) is 0 Å². The van der Waals surface area contributed by atoms with Crippen molar-refractivity contribution in [1.82, 2.24) is 0 Å². The van der Waals surface area contributed by atoms with Crippen LogP contribution in [0.4, 0.5) is 0 Å². The van der Waals surface area contributed by atoms with E-state index in [0.717, 1.165) is 0 Å². The van der Waals surface area contributed by atoms with Gasteiger partial charge in [0.1, 0.15) is 6.61 Å². The number of hydrogen-bond donors (Lipinski definition) is 0. The topological polar surface area (TPSA) is 90.9 Å². The van der Waals surface area contributed by atoms with Gasteiger partial charge in [-0.3, -0.25) is 4.79 Å². The Morgan fingerprint density at radius 2 is 0.893 bits per heavy atom. The molecule has 0 bridgehead atoms. The maximum absolute atomic E-state index is 11.4. The highest BCUT2D eigenvalue weighted by atomic mass is 28.4. The lowest BCUT2D eigenvalue weighted by Gasteiger charge is -2.17. The molecule has 0 atom stereocenters. The number of carbonyl (C=O) groups excluding carboxylic acids is 1. The number of methoxy groups -OCH3 is 1. The van der Waals surface area contributed by atoms with E-state index in [9.17, 15) is 4.79 Å². The average Bonchev–Trinajstić information content (AvgIpc) is 2.62. The largest absolute Gasteiger partial charge is 0.518 e. The van der Waals surface area contributed by atoms with Crippen LogP contribution in [0.2, 0.25) is 19.6 Å². The standard InChI is InChI=1S/C18H38O9Si/c1-20-5-6-21-7-8-22-9-10-23-11-12-24-13-14-25-15-16-26-17-18(19)27-28(2,3)4/h5-17H2,1-4H3. The fraction of sp³-hybridized carbons (Fsp3) is 0.944. The molecule has 0 spiro atoms. The van der Waals surface area contributed by atoms with Crippen molar-refractivity contribution < 1.29 is 42.4 Å². The van der Waals surface area contributed by atoms with Gasteiger partial charge in [0.15, 0.2) is 0 Å². The SMILES string of the molecule is COCCOCCOCCOCCOCCOCCOCC(=O)O[Si](C)(C)C. The molecule has 0 radical (unpaired) electrons. The summed E-state index contributed by atoms with van der Waals surface area (Å²) in [6.07, 6.45) is 0. The summed E-state index contributed by atoms with van der Waals surface area (Å²) in [6.45, 7) is 11.9. The van der Waals surface area contributed by atoms with Crippen LogP contribution in [0, 0.1) is 0 Å². The maximum atomic E-state index is 11.4. The molecule has 0 saturated heterocycles. The number of carbonyl (C=O) groups is 1. The van der Waals surface area contributed by atoms with E-state index in [-0.39, 0.29) is 12.6 Å². The Labute approximate surface area is 170 Å². The first-order chi connectivity index (χ1) is 13.5. The quantitative estimate of drug-likeness (QED) is 0.198. The van der Waals surface area contributed by atoms with E-state index in [1.54, 1.807) is 7.11 Å². The van der Waals surface area contributed by atoms with Crippen molar-refractivity contribution >= 4 is 14.3 Å². The highest BCUT2D eigenvalue weighted by Gasteiger charge is 2.19. The first-order valence-electron chi connectivity index (χ1n) is 9.63. The van der Waals surface area contributed by atoms with Gasteiger partial charge < -0.3 is 37.6 Å². The second-order valence-corrected chi connectivity index (χ2v) is 11.1. The normalized spacial score (nSPS) is 11.7. The molecule has 0 aromatic heterocycles. The second kappa shape index (κ2) is 19.7. The Bertz CT molecular complexity index is 350. The Morgan fingerprint density at radius 3 is 1.21 bits per heavy atom. The minimum absolute atomic E-state index is 0.0357. The van der Waals surface area contributed by atoms with Crippen molar-refractivity contribution in [2.45, 2.75) is 19.6 Å². The molecule has 0 fully saturated rings. The molecular formula is C18H38O9Si. The zero-order valence-electron chi connectivity index (χ0n) is 17.9. The first-order valence-corrected chi connectivity index (χ1v) is 13.0. The maximum Gasteiger partial charge on any atom is 0.318 e. The third kappa shape index (κ3) is 23.4. The minimum Gasteiger partial charge on any atom is -0.518 e. The molecular weight excluding hydrogens is 388 g/mol. The van der Waals surface area contributed by atoms with Crippen LogP contribution in [0.5, 0.6) is 0 Å². The molecule has 10 heteroatoms. The van der Waals surface area contributed by atoms with Crippen LogP contribution in [0.15, 0.2) is 0 Å². The fourth-order valence-corrected chi connectivity index (χ4v) is 2.51. The summed E-state index contributed by atoms with van der Waals surface area (Å²) < 4.78 is 42.1. The Hall–Kier alpha value is -0.593. The highest BCUT2D eigenvalue weighted by molar-refractivity contribution is 6.71. The molecule has 0 heterocycles.